The SMILES string of the molecule is c1ccc2cc(-c3ccc(-c4ccc5c(c4)oc4c6oc7cc(-c8cccc9ccccc89)ccc7c6c6ccccc6c54)cc3)ccc2c1. The lowest BCUT2D eigenvalue weighted by atomic mass is 9.95. The molecule has 50 heavy (non-hydrogen) atoms. The zero-order valence-electron chi connectivity index (χ0n) is 27.0. The molecule has 0 aliphatic rings. The largest absolute Gasteiger partial charge is 0.452 e. The molecule has 0 aliphatic heterocycles. The van der Waals surface area contributed by atoms with Crippen molar-refractivity contribution in [2.75, 3.05) is 0 Å². The molecule has 2 aromatic heterocycles. The maximum absolute atomic E-state index is 6.78. The average molecular weight is 637 g/mol. The minimum atomic E-state index is 0.792. The van der Waals surface area contributed by atoms with Gasteiger partial charge in [-0.3, -0.25) is 0 Å². The quantitative estimate of drug-likeness (QED) is 0.193. The molecule has 0 spiro atoms. The van der Waals surface area contributed by atoms with Gasteiger partial charge >= 0.3 is 0 Å². The second-order valence-corrected chi connectivity index (χ2v) is 13.2. The van der Waals surface area contributed by atoms with Crippen LogP contribution in [-0.4, -0.2) is 0 Å². The van der Waals surface area contributed by atoms with Crippen molar-refractivity contribution in [2.24, 2.45) is 0 Å². The molecule has 11 aromatic rings. The lowest BCUT2D eigenvalue weighted by Crippen LogP contribution is -1.82. The number of furan rings is 2. The highest BCUT2D eigenvalue weighted by molar-refractivity contribution is 6.33. The molecular formula is C48H28O2. The lowest BCUT2D eigenvalue weighted by Gasteiger charge is -2.07. The summed E-state index contributed by atoms with van der Waals surface area (Å²) in [6, 6.07) is 60.8. The van der Waals surface area contributed by atoms with E-state index in [1.54, 1.807) is 0 Å². The summed E-state index contributed by atoms with van der Waals surface area (Å²) in [6.45, 7) is 0. The van der Waals surface area contributed by atoms with E-state index in [0.717, 1.165) is 60.6 Å². The third-order valence-electron chi connectivity index (χ3n) is 10.5. The molecule has 0 radical (unpaired) electrons. The molecule has 0 saturated heterocycles. The molecule has 0 amide bonds. The third kappa shape index (κ3) is 4.03. The third-order valence-corrected chi connectivity index (χ3v) is 10.5. The molecule has 0 unspecified atom stereocenters. The normalized spacial score (nSPS) is 12.0. The molecule has 232 valence electrons. The first-order chi connectivity index (χ1) is 24.8. The molecular weight excluding hydrogens is 609 g/mol. The minimum Gasteiger partial charge on any atom is -0.452 e. The van der Waals surface area contributed by atoms with Gasteiger partial charge in [0.2, 0.25) is 0 Å². The smallest absolute Gasteiger partial charge is 0.179 e. The topological polar surface area (TPSA) is 26.3 Å². The van der Waals surface area contributed by atoms with Gasteiger partial charge in [-0.05, 0) is 96.0 Å². The molecule has 2 heteroatoms. The second kappa shape index (κ2) is 10.4. The molecule has 0 N–H and O–H groups in total. The summed E-state index contributed by atoms with van der Waals surface area (Å²) >= 11 is 0. The zero-order valence-corrected chi connectivity index (χ0v) is 27.0. The Labute approximate surface area is 287 Å². The number of hydrogen-bond donors (Lipinski definition) is 0. The van der Waals surface area contributed by atoms with Gasteiger partial charge in [0.15, 0.2) is 11.2 Å². The highest BCUT2D eigenvalue weighted by Crippen LogP contribution is 2.46. The van der Waals surface area contributed by atoms with E-state index in [2.05, 4.69) is 170 Å². The van der Waals surface area contributed by atoms with E-state index in [-0.39, 0.29) is 0 Å². The predicted molar refractivity (Wildman–Crippen MR) is 210 cm³/mol. The first kappa shape index (κ1) is 27.3. The van der Waals surface area contributed by atoms with E-state index in [1.165, 1.54) is 49.0 Å². The van der Waals surface area contributed by atoms with Crippen molar-refractivity contribution in [3.8, 4) is 33.4 Å². The summed E-state index contributed by atoms with van der Waals surface area (Å²) in [4.78, 5) is 0. The molecule has 0 saturated carbocycles. The van der Waals surface area contributed by atoms with Crippen LogP contribution in [0.25, 0.3) is 110 Å². The fourth-order valence-electron chi connectivity index (χ4n) is 8.02. The van der Waals surface area contributed by atoms with Crippen molar-refractivity contribution < 1.29 is 8.83 Å². The van der Waals surface area contributed by atoms with E-state index in [1.807, 2.05) is 0 Å². The van der Waals surface area contributed by atoms with Gasteiger partial charge in [0, 0.05) is 21.5 Å². The number of fused-ring (bicyclic) bond motifs is 12. The Bertz CT molecular complexity index is 3130. The Morgan fingerprint density at radius 2 is 0.760 bits per heavy atom. The summed E-state index contributed by atoms with van der Waals surface area (Å²) < 4.78 is 13.6. The number of rotatable bonds is 3. The standard InChI is InChI=1S/C48H28O2/c1-2-10-33-26-34(21-20-29(33)8-1)30-16-18-31(19-17-30)35-22-24-41-43(27-35)49-47-45(41)39-13-5-6-14-40(39)46-42-25-23-36(28-44(42)50-48(46)47)38-15-7-11-32-9-3-4-12-37(32)38/h1-28H. The van der Waals surface area contributed by atoms with Crippen molar-refractivity contribution in [1.29, 1.82) is 0 Å². The fourth-order valence-corrected chi connectivity index (χ4v) is 8.02. The van der Waals surface area contributed by atoms with E-state index in [4.69, 9.17) is 8.83 Å². The minimum absolute atomic E-state index is 0.792. The maximum atomic E-state index is 6.78. The van der Waals surface area contributed by atoms with Crippen LogP contribution in [0.5, 0.6) is 0 Å². The molecule has 9 aromatic carbocycles. The summed E-state index contributed by atoms with van der Waals surface area (Å²) in [6.07, 6.45) is 0. The molecule has 2 nitrogen and oxygen atoms in total. The zero-order chi connectivity index (χ0) is 32.8. The number of hydrogen-bond acceptors (Lipinski definition) is 2. The van der Waals surface area contributed by atoms with Crippen LogP contribution in [0, 0.1) is 0 Å². The first-order valence-corrected chi connectivity index (χ1v) is 17.1. The van der Waals surface area contributed by atoms with Crippen LogP contribution in [0.3, 0.4) is 0 Å². The van der Waals surface area contributed by atoms with Gasteiger partial charge in [0.25, 0.3) is 0 Å². The summed E-state index contributed by atoms with van der Waals surface area (Å²) in [5.41, 5.74) is 10.3. The molecule has 0 atom stereocenters. The molecule has 2 heterocycles. The van der Waals surface area contributed by atoms with Gasteiger partial charge in [0.05, 0.1) is 0 Å². The summed E-state index contributed by atoms with van der Waals surface area (Å²) in [5.74, 6) is 0. The van der Waals surface area contributed by atoms with E-state index >= 15 is 0 Å². The number of benzene rings is 9. The fraction of sp³-hybridized carbons (Fsp3) is 0. The highest BCUT2D eigenvalue weighted by Gasteiger charge is 2.21. The van der Waals surface area contributed by atoms with Crippen LogP contribution >= 0.6 is 0 Å². The Hall–Kier alpha value is -6.64. The van der Waals surface area contributed by atoms with Crippen LogP contribution in [0.2, 0.25) is 0 Å². The van der Waals surface area contributed by atoms with Crippen molar-refractivity contribution in [3.05, 3.63) is 170 Å². The van der Waals surface area contributed by atoms with Gasteiger partial charge in [0.1, 0.15) is 11.2 Å². The molecule has 0 bridgehead atoms. The Balaban J connectivity index is 1.06. The highest BCUT2D eigenvalue weighted by atomic mass is 16.4. The van der Waals surface area contributed by atoms with Gasteiger partial charge < -0.3 is 8.83 Å². The summed E-state index contributed by atoms with van der Waals surface area (Å²) in [7, 11) is 0. The van der Waals surface area contributed by atoms with E-state index < -0.39 is 0 Å². The molecule has 0 aliphatic carbocycles. The van der Waals surface area contributed by atoms with Crippen LogP contribution < -0.4 is 0 Å². The van der Waals surface area contributed by atoms with Gasteiger partial charge in [-0.25, -0.2) is 0 Å². The Kier molecular flexibility index (Phi) is 5.70. The Morgan fingerprint density at radius 3 is 1.44 bits per heavy atom. The van der Waals surface area contributed by atoms with Crippen molar-refractivity contribution in [3.63, 3.8) is 0 Å². The van der Waals surface area contributed by atoms with Crippen LogP contribution in [0.1, 0.15) is 0 Å². The monoisotopic (exact) mass is 636 g/mol. The molecule has 11 rings (SSSR count). The van der Waals surface area contributed by atoms with Crippen LogP contribution in [-0.2, 0) is 0 Å². The summed E-state index contributed by atoms with van der Waals surface area (Å²) in [5, 5.41) is 11.7. The van der Waals surface area contributed by atoms with Crippen molar-refractivity contribution in [1.82, 2.24) is 0 Å². The lowest BCUT2D eigenvalue weighted by molar-refractivity contribution is 0.634. The maximum Gasteiger partial charge on any atom is 0.179 e. The first-order valence-electron chi connectivity index (χ1n) is 17.1. The van der Waals surface area contributed by atoms with Gasteiger partial charge in [-0.1, -0.05) is 140 Å². The van der Waals surface area contributed by atoms with Gasteiger partial charge in [-0.15, -0.1) is 0 Å². The Morgan fingerprint density at radius 1 is 0.280 bits per heavy atom. The van der Waals surface area contributed by atoms with Crippen molar-refractivity contribution in [2.45, 2.75) is 0 Å². The second-order valence-electron chi connectivity index (χ2n) is 13.2. The van der Waals surface area contributed by atoms with E-state index in [0.29, 0.717) is 0 Å². The van der Waals surface area contributed by atoms with Gasteiger partial charge in [-0.2, -0.15) is 0 Å². The van der Waals surface area contributed by atoms with Crippen molar-refractivity contribution >= 4 is 76.2 Å². The van der Waals surface area contributed by atoms with E-state index in [9.17, 15) is 0 Å². The average Bonchev–Trinajstić information content (AvgIpc) is 3.76. The van der Waals surface area contributed by atoms with Crippen LogP contribution in [0.15, 0.2) is 179 Å². The predicted octanol–water partition coefficient (Wildman–Crippen LogP) is 13.9. The van der Waals surface area contributed by atoms with Crippen LogP contribution in [0.4, 0.5) is 0 Å². The molecule has 0 fully saturated rings.